The molecule has 4 fully saturated rings. The molecule has 2 atom stereocenters. The summed E-state index contributed by atoms with van der Waals surface area (Å²) < 4.78 is 1.59. The third kappa shape index (κ3) is 3.11. The Balaban J connectivity index is 1.56. The summed E-state index contributed by atoms with van der Waals surface area (Å²) in [5, 5.41) is 0. The number of aryl methyl sites for hydroxylation is 2. The van der Waals surface area contributed by atoms with Crippen LogP contribution in [0.1, 0.15) is 53.7 Å². The van der Waals surface area contributed by atoms with E-state index >= 15 is 0 Å². The monoisotopic (exact) mass is 357 g/mol. The first-order chi connectivity index (χ1) is 12.4. The van der Waals surface area contributed by atoms with E-state index in [0.29, 0.717) is 17.5 Å². The molecule has 3 aliphatic heterocycles. The molecule has 0 N–H and O–H groups in total. The third-order valence-electron chi connectivity index (χ3n) is 6.91. The second kappa shape index (κ2) is 6.84. The molecule has 1 amide bonds. The molecule has 1 saturated carbocycles. The van der Waals surface area contributed by atoms with Gasteiger partial charge in [-0.3, -0.25) is 14.5 Å². The van der Waals surface area contributed by atoms with Gasteiger partial charge < -0.3 is 9.47 Å². The molecule has 142 valence electrons. The highest BCUT2D eigenvalue weighted by Crippen LogP contribution is 2.33. The smallest absolute Gasteiger partial charge is 0.263 e. The Morgan fingerprint density at radius 3 is 2.58 bits per heavy atom. The highest BCUT2D eigenvalue weighted by molar-refractivity contribution is 5.95. The van der Waals surface area contributed by atoms with Crippen LogP contribution in [0.5, 0.6) is 0 Å². The van der Waals surface area contributed by atoms with Crippen molar-refractivity contribution < 1.29 is 4.79 Å². The topological polar surface area (TPSA) is 45.6 Å². The predicted octanol–water partition coefficient (Wildman–Crippen LogP) is 2.34. The molecule has 5 rings (SSSR count). The predicted molar refractivity (Wildman–Crippen MR) is 102 cm³/mol. The first kappa shape index (κ1) is 17.8. The van der Waals surface area contributed by atoms with Gasteiger partial charge in [0.15, 0.2) is 0 Å². The van der Waals surface area contributed by atoms with Crippen molar-refractivity contribution >= 4 is 5.91 Å². The number of amides is 1. The first-order valence-corrected chi connectivity index (χ1v) is 10.1. The van der Waals surface area contributed by atoms with Crippen LogP contribution in [0.3, 0.4) is 0 Å². The molecule has 5 nitrogen and oxygen atoms in total. The number of aromatic nitrogens is 1. The van der Waals surface area contributed by atoms with E-state index in [-0.39, 0.29) is 11.5 Å². The van der Waals surface area contributed by atoms with Gasteiger partial charge in [0.1, 0.15) is 5.56 Å². The Morgan fingerprint density at radius 1 is 1.12 bits per heavy atom. The minimum Gasteiger partial charge on any atom is -0.337 e. The lowest BCUT2D eigenvalue weighted by atomic mass is 9.83. The SMILES string of the molecule is Cc1cc(C)n(C)c(=O)c1C(=O)N1C[C@@H]2CC[C@H](C1)N(CC1CCC1)C2. The van der Waals surface area contributed by atoms with Crippen LogP contribution in [0.2, 0.25) is 0 Å². The van der Waals surface area contributed by atoms with E-state index in [4.69, 9.17) is 0 Å². The number of pyridine rings is 1. The quantitative estimate of drug-likeness (QED) is 0.834. The van der Waals surface area contributed by atoms with Crippen LogP contribution in [-0.2, 0) is 7.05 Å². The van der Waals surface area contributed by atoms with Crippen LogP contribution in [0.4, 0.5) is 0 Å². The summed E-state index contributed by atoms with van der Waals surface area (Å²) in [7, 11) is 1.75. The Hall–Kier alpha value is -1.62. The number of carbonyl (C=O) groups excluding carboxylic acids is 1. The van der Waals surface area contributed by atoms with Crippen molar-refractivity contribution in [2.75, 3.05) is 26.2 Å². The summed E-state index contributed by atoms with van der Waals surface area (Å²) >= 11 is 0. The Kier molecular flexibility index (Phi) is 4.68. The lowest BCUT2D eigenvalue weighted by Gasteiger charge is -2.40. The number of hydrogen-bond acceptors (Lipinski definition) is 3. The highest BCUT2D eigenvalue weighted by atomic mass is 16.2. The fourth-order valence-corrected chi connectivity index (χ4v) is 4.97. The molecule has 0 radical (unpaired) electrons. The van der Waals surface area contributed by atoms with Gasteiger partial charge >= 0.3 is 0 Å². The van der Waals surface area contributed by atoms with Crippen LogP contribution in [0.25, 0.3) is 0 Å². The van der Waals surface area contributed by atoms with Crippen molar-refractivity contribution in [3.05, 3.63) is 33.2 Å². The summed E-state index contributed by atoms with van der Waals surface area (Å²) in [6, 6.07) is 2.41. The molecule has 0 unspecified atom stereocenters. The number of rotatable bonds is 3. The summed E-state index contributed by atoms with van der Waals surface area (Å²) in [5.41, 5.74) is 1.91. The van der Waals surface area contributed by atoms with Gasteiger partial charge in [0.2, 0.25) is 0 Å². The zero-order valence-corrected chi connectivity index (χ0v) is 16.3. The maximum Gasteiger partial charge on any atom is 0.263 e. The van der Waals surface area contributed by atoms with Crippen LogP contribution >= 0.6 is 0 Å². The number of carbonyl (C=O) groups is 1. The minimum absolute atomic E-state index is 0.0644. The molecular formula is C21H31N3O2. The molecule has 1 aromatic heterocycles. The molecule has 4 heterocycles. The largest absolute Gasteiger partial charge is 0.337 e. The Labute approximate surface area is 156 Å². The van der Waals surface area contributed by atoms with Crippen molar-refractivity contribution in [3.63, 3.8) is 0 Å². The van der Waals surface area contributed by atoms with Crippen LogP contribution in [0, 0.1) is 25.7 Å². The Morgan fingerprint density at radius 2 is 1.88 bits per heavy atom. The maximum atomic E-state index is 13.3. The summed E-state index contributed by atoms with van der Waals surface area (Å²) in [5.74, 6) is 1.35. The van der Waals surface area contributed by atoms with Gasteiger partial charge in [-0.1, -0.05) is 6.42 Å². The lowest BCUT2D eigenvalue weighted by Crippen LogP contribution is -2.47. The van der Waals surface area contributed by atoms with Gasteiger partial charge in [-0.05, 0) is 63.0 Å². The summed E-state index contributed by atoms with van der Waals surface area (Å²) in [4.78, 5) is 30.6. The fraction of sp³-hybridized carbons (Fsp3) is 0.714. The third-order valence-corrected chi connectivity index (χ3v) is 6.91. The highest BCUT2D eigenvalue weighted by Gasteiger charge is 2.38. The zero-order valence-electron chi connectivity index (χ0n) is 16.3. The normalized spacial score (nSPS) is 26.7. The van der Waals surface area contributed by atoms with Crippen molar-refractivity contribution in [1.82, 2.24) is 14.4 Å². The number of fused-ring (bicyclic) bond motifs is 4. The van der Waals surface area contributed by atoms with Crippen LogP contribution < -0.4 is 5.56 Å². The second-order valence-electron chi connectivity index (χ2n) is 8.77. The molecule has 26 heavy (non-hydrogen) atoms. The zero-order chi connectivity index (χ0) is 18.4. The Bertz CT molecular complexity index is 765. The molecule has 3 saturated heterocycles. The maximum absolute atomic E-state index is 13.3. The molecule has 0 spiro atoms. The van der Waals surface area contributed by atoms with Gasteiger partial charge in [0, 0.05) is 45.0 Å². The molecule has 1 aliphatic carbocycles. The number of nitrogens with zero attached hydrogens (tertiary/aromatic N) is 3. The second-order valence-corrected chi connectivity index (χ2v) is 8.77. The molecule has 1 aromatic rings. The van der Waals surface area contributed by atoms with Crippen molar-refractivity contribution in [2.45, 2.75) is 52.0 Å². The van der Waals surface area contributed by atoms with Crippen molar-refractivity contribution in [2.24, 2.45) is 18.9 Å². The van der Waals surface area contributed by atoms with E-state index in [1.807, 2.05) is 24.8 Å². The molecule has 0 aromatic carbocycles. The molecule has 4 aliphatic rings. The van der Waals surface area contributed by atoms with Crippen molar-refractivity contribution in [3.8, 4) is 0 Å². The van der Waals surface area contributed by atoms with E-state index < -0.39 is 0 Å². The molecular weight excluding hydrogens is 326 g/mol. The van der Waals surface area contributed by atoms with E-state index in [1.165, 1.54) is 38.6 Å². The van der Waals surface area contributed by atoms with Crippen LogP contribution in [-0.4, -0.2) is 52.5 Å². The number of hydrogen-bond donors (Lipinski definition) is 0. The number of piperidine rings is 1. The van der Waals surface area contributed by atoms with Gasteiger partial charge in [-0.25, -0.2) is 0 Å². The standard InChI is InChI=1S/C21H31N3O2/c1-14-9-15(2)22(3)20(25)19(14)21(26)24-12-17-7-8-18(13-24)23(11-17)10-16-5-4-6-16/h9,16-18H,4-8,10-13H2,1-3H3/t17-,18-/m1/s1. The van der Waals surface area contributed by atoms with Gasteiger partial charge in [-0.2, -0.15) is 0 Å². The average molecular weight is 357 g/mol. The van der Waals surface area contributed by atoms with Gasteiger partial charge in [0.25, 0.3) is 11.5 Å². The summed E-state index contributed by atoms with van der Waals surface area (Å²) in [6.07, 6.45) is 6.52. The average Bonchev–Trinajstić information content (AvgIpc) is 2.88. The molecule has 5 heteroatoms. The van der Waals surface area contributed by atoms with Crippen LogP contribution in [0.15, 0.2) is 10.9 Å². The van der Waals surface area contributed by atoms with E-state index in [2.05, 4.69) is 4.90 Å². The summed E-state index contributed by atoms with van der Waals surface area (Å²) in [6.45, 7) is 7.69. The van der Waals surface area contributed by atoms with E-state index in [9.17, 15) is 9.59 Å². The van der Waals surface area contributed by atoms with E-state index in [0.717, 1.165) is 36.8 Å². The van der Waals surface area contributed by atoms with Gasteiger partial charge in [0.05, 0.1) is 0 Å². The minimum atomic E-state index is -0.157. The van der Waals surface area contributed by atoms with E-state index in [1.54, 1.807) is 11.6 Å². The van der Waals surface area contributed by atoms with Gasteiger partial charge in [-0.15, -0.1) is 0 Å². The van der Waals surface area contributed by atoms with Crippen molar-refractivity contribution in [1.29, 1.82) is 0 Å². The lowest BCUT2D eigenvalue weighted by molar-refractivity contribution is 0.0714. The fourth-order valence-electron chi connectivity index (χ4n) is 4.97. The molecule has 2 bridgehead atoms. The first-order valence-electron chi connectivity index (χ1n) is 10.1.